The molecule has 0 fully saturated rings. The first-order valence-electron chi connectivity index (χ1n) is 7.66. The molecule has 2 aromatic rings. The third kappa shape index (κ3) is 3.27. The Balaban J connectivity index is 2.47. The van der Waals surface area contributed by atoms with Crippen LogP contribution in [0.5, 0.6) is 0 Å². The van der Waals surface area contributed by atoms with Gasteiger partial charge >= 0.3 is 0 Å². The number of rotatable bonds is 7. The lowest BCUT2D eigenvalue weighted by atomic mass is 9.72. The number of benzene rings is 2. The Morgan fingerprint density at radius 2 is 1.00 bits per heavy atom. The van der Waals surface area contributed by atoms with E-state index >= 15 is 0 Å². The summed E-state index contributed by atoms with van der Waals surface area (Å²) >= 11 is 0. The number of nitrogens with zero attached hydrogens (tertiary/aromatic N) is 2. The highest BCUT2D eigenvalue weighted by atomic mass is 16.6. The van der Waals surface area contributed by atoms with Gasteiger partial charge in [0.2, 0.25) is 0 Å². The molecule has 0 saturated heterocycles. The van der Waals surface area contributed by atoms with Gasteiger partial charge in [-0.25, -0.2) is 0 Å². The molecule has 0 aromatic heterocycles. The summed E-state index contributed by atoms with van der Waals surface area (Å²) in [6, 6.07) is 17.7. The topological polar surface area (TPSA) is 86.3 Å². The fourth-order valence-electron chi connectivity index (χ4n) is 2.89. The van der Waals surface area contributed by atoms with Crippen molar-refractivity contribution in [3.63, 3.8) is 0 Å². The first-order chi connectivity index (χ1) is 11.3. The lowest BCUT2D eigenvalue weighted by Gasteiger charge is -2.32. The molecule has 0 heterocycles. The summed E-state index contributed by atoms with van der Waals surface area (Å²) in [6.45, 7) is 2.73. The van der Waals surface area contributed by atoms with Gasteiger partial charge in [-0.15, -0.1) is 0 Å². The van der Waals surface area contributed by atoms with Crippen LogP contribution >= 0.6 is 0 Å². The molecule has 126 valence electrons. The fraction of sp³-hybridized carbons (Fsp3) is 0.333. The minimum Gasteiger partial charge on any atom is -0.264 e. The Kier molecular flexibility index (Phi) is 4.97. The normalized spacial score (nSPS) is 15.9. The molecule has 24 heavy (non-hydrogen) atoms. The second-order valence-electron chi connectivity index (χ2n) is 6.39. The first kappa shape index (κ1) is 17.6. The van der Waals surface area contributed by atoms with Crippen molar-refractivity contribution in [3.05, 3.63) is 92.0 Å². The highest BCUT2D eigenvalue weighted by molar-refractivity contribution is 5.22. The minimum atomic E-state index is -1.74. The van der Waals surface area contributed by atoms with Gasteiger partial charge in [0.05, 0.1) is 12.8 Å². The lowest BCUT2D eigenvalue weighted by Crippen LogP contribution is -2.62. The van der Waals surface area contributed by atoms with Gasteiger partial charge in [0.25, 0.3) is 11.1 Å². The van der Waals surface area contributed by atoms with Crippen LogP contribution in [-0.4, -0.2) is 20.9 Å². The van der Waals surface area contributed by atoms with Crippen LogP contribution < -0.4 is 0 Å². The van der Waals surface area contributed by atoms with Crippen LogP contribution in [-0.2, 0) is 12.8 Å². The Labute approximate surface area is 140 Å². The predicted molar refractivity (Wildman–Crippen MR) is 91.1 cm³/mol. The summed E-state index contributed by atoms with van der Waals surface area (Å²) in [7, 11) is 0. The Morgan fingerprint density at radius 1 is 0.708 bits per heavy atom. The van der Waals surface area contributed by atoms with Gasteiger partial charge in [0.1, 0.15) is 0 Å². The number of nitro groups is 2. The highest BCUT2D eigenvalue weighted by Crippen LogP contribution is 2.35. The van der Waals surface area contributed by atoms with Gasteiger partial charge < -0.3 is 0 Å². The molecule has 0 amide bonds. The summed E-state index contributed by atoms with van der Waals surface area (Å²) in [4.78, 5) is 22.7. The molecule has 0 aliphatic carbocycles. The largest absolute Gasteiger partial charge is 0.291 e. The molecule has 0 bridgehead atoms. The van der Waals surface area contributed by atoms with Crippen LogP contribution in [0.3, 0.4) is 0 Å². The van der Waals surface area contributed by atoms with E-state index < -0.39 is 20.9 Å². The summed E-state index contributed by atoms with van der Waals surface area (Å²) in [5, 5.41) is 23.7. The molecule has 0 N–H and O–H groups in total. The van der Waals surface area contributed by atoms with Gasteiger partial charge in [-0.2, -0.15) is 0 Å². The monoisotopic (exact) mass is 328 g/mol. The third-order valence-corrected chi connectivity index (χ3v) is 4.75. The molecule has 0 spiro atoms. The van der Waals surface area contributed by atoms with Gasteiger partial charge in [0.15, 0.2) is 0 Å². The maximum atomic E-state index is 11.9. The van der Waals surface area contributed by atoms with Crippen LogP contribution in [0, 0.1) is 20.2 Å². The lowest BCUT2D eigenvalue weighted by molar-refractivity contribution is -0.680. The van der Waals surface area contributed by atoms with Crippen molar-refractivity contribution < 1.29 is 9.85 Å². The number of hydrogen-bond donors (Lipinski definition) is 0. The van der Waals surface area contributed by atoms with E-state index in [9.17, 15) is 20.2 Å². The van der Waals surface area contributed by atoms with E-state index in [0.717, 1.165) is 0 Å². The van der Waals surface area contributed by atoms with Gasteiger partial charge in [-0.05, 0) is 11.1 Å². The molecule has 0 radical (unpaired) electrons. The summed E-state index contributed by atoms with van der Waals surface area (Å²) in [5.41, 5.74) is -2.07. The molecule has 6 heteroatoms. The average molecular weight is 328 g/mol. The molecule has 0 aliphatic rings. The van der Waals surface area contributed by atoms with E-state index in [2.05, 4.69) is 0 Å². The molecule has 2 rings (SSSR count). The van der Waals surface area contributed by atoms with Crippen LogP contribution in [0.25, 0.3) is 0 Å². The van der Waals surface area contributed by atoms with Crippen LogP contribution in [0.15, 0.2) is 60.7 Å². The standard InChI is InChI=1S/C18H20N2O4/c1-17(19(21)22,13-15-9-5-3-6-10-15)18(2,20(23)24)14-16-11-7-4-8-12-16/h3-12H,13-14H2,1-2H3. The molecule has 2 unspecified atom stereocenters. The predicted octanol–water partition coefficient (Wildman–Crippen LogP) is 3.54. The summed E-state index contributed by atoms with van der Waals surface area (Å²) < 4.78 is 0. The maximum absolute atomic E-state index is 11.9. The quantitative estimate of drug-likeness (QED) is 0.574. The van der Waals surface area contributed by atoms with Crippen molar-refractivity contribution >= 4 is 0 Å². The van der Waals surface area contributed by atoms with Gasteiger partial charge in [0, 0.05) is 23.7 Å². The molecule has 0 aliphatic heterocycles. The van der Waals surface area contributed by atoms with E-state index in [0.29, 0.717) is 11.1 Å². The molecule has 2 atom stereocenters. The zero-order valence-corrected chi connectivity index (χ0v) is 13.7. The fourth-order valence-corrected chi connectivity index (χ4v) is 2.89. The van der Waals surface area contributed by atoms with E-state index in [1.54, 1.807) is 48.5 Å². The maximum Gasteiger partial charge on any atom is 0.291 e. The minimum absolute atomic E-state index is 0.00878. The van der Waals surface area contributed by atoms with Crippen molar-refractivity contribution in [1.29, 1.82) is 0 Å². The van der Waals surface area contributed by atoms with Crippen molar-refractivity contribution in [3.8, 4) is 0 Å². The van der Waals surface area contributed by atoms with Crippen LogP contribution in [0.2, 0.25) is 0 Å². The smallest absolute Gasteiger partial charge is 0.264 e. The van der Waals surface area contributed by atoms with E-state index in [1.807, 2.05) is 12.1 Å². The molecule has 0 saturated carbocycles. The zero-order valence-electron chi connectivity index (χ0n) is 13.7. The SMILES string of the molecule is CC(Cc1ccccc1)([N+](=O)[O-])C(C)(Cc1ccccc1)[N+](=O)[O-]. The molecular formula is C18H20N2O4. The molecular weight excluding hydrogens is 308 g/mol. The van der Waals surface area contributed by atoms with Crippen LogP contribution in [0.1, 0.15) is 25.0 Å². The van der Waals surface area contributed by atoms with Crippen molar-refractivity contribution in [1.82, 2.24) is 0 Å². The van der Waals surface area contributed by atoms with E-state index in [-0.39, 0.29) is 12.8 Å². The van der Waals surface area contributed by atoms with Crippen molar-refractivity contribution in [2.75, 3.05) is 0 Å². The summed E-state index contributed by atoms with van der Waals surface area (Å²) in [5.74, 6) is 0. The van der Waals surface area contributed by atoms with E-state index in [1.165, 1.54) is 13.8 Å². The van der Waals surface area contributed by atoms with Crippen molar-refractivity contribution in [2.45, 2.75) is 37.8 Å². The van der Waals surface area contributed by atoms with E-state index in [4.69, 9.17) is 0 Å². The molecule has 6 nitrogen and oxygen atoms in total. The van der Waals surface area contributed by atoms with Crippen LogP contribution in [0.4, 0.5) is 0 Å². The summed E-state index contributed by atoms with van der Waals surface area (Å²) in [6.07, 6.45) is -0.0176. The second-order valence-corrected chi connectivity index (χ2v) is 6.39. The zero-order chi connectivity index (χ0) is 17.8. The highest BCUT2D eigenvalue weighted by Gasteiger charge is 2.64. The Morgan fingerprint density at radius 3 is 1.25 bits per heavy atom. The van der Waals surface area contributed by atoms with Crippen molar-refractivity contribution in [2.24, 2.45) is 0 Å². The average Bonchev–Trinajstić information content (AvgIpc) is 2.56. The molecule has 2 aromatic carbocycles. The van der Waals surface area contributed by atoms with Gasteiger partial charge in [-0.1, -0.05) is 60.7 Å². The Hall–Kier alpha value is -2.76. The van der Waals surface area contributed by atoms with Gasteiger partial charge in [-0.3, -0.25) is 20.2 Å². The third-order valence-electron chi connectivity index (χ3n) is 4.75. The first-order valence-corrected chi connectivity index (χ1v) is 7.66. The Bertz CT molecular complexity index is 657. The second kappa shape index (κ2) is 6.78. The number of hydrogen-bond acceptors (Lipinski definition) is 4.